The second kappa shape index (κ2) is 9.92. The molecular weight excluding hydrogens is 415 g/mol. The SMILES string of the molecule is CC(C)N(C)S(=O)(=O)c1cccc(C(=O)N(CCc2ccc(F)cc2)C2CCCC2)c1. The Morgan fingerprint density at radius 3 is 2.35 bits per heavy atom. The third-order valence-electron chi connectivity index (χ3n) is 6.07. The molecule has 7 heteroatoms. The fraction of sp³-hybridized carbons (Fsp3) is 0.458. The molecule has 1 aliphatic rings. The maximum Gasteiger partial charge on any atom is 0.254 e. The molecule has 0 heterocycles. The zero-order valence-corrected chi connectivity index (χ0v) is 19.2. The van der Waals surface area contributed by atoms with Gasteiger partial charge in [0.15, 0.2) is 0 Å². The summed E-state index contributed by atoms with van der Waals surface area (Å²) in [5, 5.41) is 0. The van der Waals surface area contributed by atoms with E-state index in [1.807, 2.05) is 18.7 Å². The third kappa shape index (κ3) is 5.52. The molecule has 1 amide bonds. The molecule has 1 fully saturated rings. The van der Waals surface area contributed by atoms with Crippen LogP contribution in [0.15, 0.2) is 53.4 Å². The molecule has 0 aliphatic heterocycles. The Labute approximate surface area is 184 Å². The Morgan fingerprint density at radius 1 is 1.10 bits per heavy atom. The molecule has 31 heavy (non-hydrogen) atoms. The van der Waals surface area contributed by atoms with Crippen LogP contribution in [0.25, 0.3) is 0 Å². The molecule has 0 radical (unpaired) electrons. The lowest BCUT2D eigenvalue weighted by Gasteiger charge is -2.29. The number of rotatable bonds is 8. The van der Waals surface area contributed by atoms with E-state index in [-0.39, 0.29) is 28.7 Å². The maximum absolute atomic E-state index is 13.4. The van der Waals surface area contributed by atoms with Gasteiger partial charge in [-0.25, -0.2) is 12.8 Å². The van der Waals surface area contributed by atoms with E-state index in [0.29, 0.717) is 18.5 Å². The number of carbonyl (C=O) groups excluding carboxylic acids is 1. The normalized spacial score (nSPS) is 15.0. The van der Waals surface area contributed by atoms with Gasteiger partial charge >= 0.3 is 0 Å². The highest BCUT2D eigenvalue weighted by molar-refractivity contribution is 7.89. The second-order valence-electron chi connectivity index (χ2n) is 8.46. The van der Waals surface area contributed by atoms with Crippen molar-refractivity contribution in [1.29, 1.82) is 0 Å². The molecule has 0 saturated heterocycles. The molecule has 0 aromatic heterocycles. The van der Waals surface area contributed by atoms with Crippen LogP contribution in [0.3, 0.4) is 0 Å². The summed E-state index contributed by atoms with van der Waals surface area (Å²) >= 11 is 0. The minimum Gasteiger partial charge on any atom is -0.335 e. The van der Waals surface area contributed by atoms with Crippen molar-refractivity contribution in [2.45, 2.75) is 62.9 Å². The van der Waals surface area contributed by atoms with Crippen molar-refractivity contribution in [3.63, 3.8) is 0 Å². The number of hydrogen-bond donors (Lipinski definition) is 0. The lowest BCUT2D eigenvalue weighted by Crippen LogP contribution is -2.40. The number of halogens is 1. The summed E-state index contributed by atoms with van der Waals surface area (Å²) in [4.78, 5) is 15.4. The van der Waals surface area contributed by atoms with Crippen LogP contribution in [0.5, 0.6) is 0 Å². The first-order valence-corrected chi connectivity index (χ1v) is 12.3. The number of sulfonamides is 1. The Morgan fingerprint density at radius 2 is 1.74 bits per heavy atom. The number of amides is 1. The summed E-state index contributed by atoms with van der Waals surface area (Å²) in [6, 6.07) is 12.6. The van der Waals surface area contributed by atoms with Gasteiger partial charge in [-0.2, -0.15) is 4.31 Å². The number of hydrogen-bond acceptors (Lipinski definition) is 3. The molecule has 1 saturated carbocycles. The predicted octanol–water partition coefficient (Wildman–Crippen LogP) is 4.48. The van der Waals surface area contributed by atoms with E-state index in [4.69, 9.17) is 0 Å². The van der Waals surface area contributed by atoms with E-state index in [1.54, 1.807) is 31.3 Å². The van der Waals surface area contributed by atoms with Gasteiger partial charge in [0.05, 0.1) is 4.90 Å². The first-order valence-electron chi connectivity index (χ1n) is 10.8. The van der Waals surface area contributed by atoms with Crippen molar-refractivity contribution in [3.05, 3.63) is 65.5 Å². The molecule has 3 rings (SSSR count). The summed E-state index contributed by atoms with van der Waals surface area (Å²) in [5.74, 6) is -0.435. The number of nitrogens with zero attached hydrogens (tertiary/aromatic N) is 2. The molecule has 0 atom stereocenters. The van der Waals surface area contributed by atoms with Crippen LogP contribution in [-0.2, 0) is 16.4 Å². The highest BCUT2D eigenvalue weighted by atomic mass is 32.2. The summed E-state index contributed by atoms with van der Waals surface area (Å²) in [6.07, 6.45) is 4.68. The van der Waals surface area contributed by atoms with E-state index in [2.05, 4.69) is 0 Å². The average Bonchev–Trinajstić information content (AvgIpc) is 3.29. The third-order valence-corrected chi connectivity index (χ3v) is 8.10. The molecule has 0 N–H and O–H groups in total. The van der Waals surface area contributed by atoms with Crippen molar-refractivity contribution in [2.75, 3.05) is 13.6 Å². The Bertz CT molecular complexity index is 1000. The van der Waals surface area contributed by atoms with Gasteiger partial charge in [-0.05, 0) is 69.0 Å². The van der Waals surface area contributed by atoms with Gasteiger partial charge < -0.3 is 4.90 Å². The van der Waals surface area contributed by atoms with E-state index >= 15 is 0 Å². The smallest absolute Gasteiger partial charge is 0.254 e. The summed E-state index contributed by atoms with van der Waals surface area (Å²) in [5.41, 5.74) is 1.34. The average molecular weight is 447 g/mol. The van der Waals surface area contributed by atoms with Crippen molar-refractivity contribution in [3.8, 4) is 0 Å². The molecule has 2 aromatic rings. The van der Waals surface area contributed by atoms with Gasteiger partial charge in [0.1, 0.15) is 5.82 Å². The van der Waals surface area contributed by atoms with Crippen LogP contribution in [0.1, 0.15) is 55.5 Å². The van der Waals surface area contributed by atoms with Gasteiger partial charge in [-0.15, -0.1) is 0 Å². The highest BCUT2D eigenvalue weighted by Crippen LogP contribution is 2.26. The first-order chi connectivity index (χ1) is 14.7. The molecule has 1 aliphatic carbocycles. The standard InChI is InChI=1S/C24H31FN2O3S/c1-18(2)26(3)31(29,30)23-10-6-7-20(17-23)24(28)27(22-8-4-5-9-22)16-15-19-11-13-21(25)14-12-19/h6-7,10-14,17-18,22H,4-5,8-9,15-16H2,1-3H3. The van der Waals surface area contributed by atoms with Crippen LogP contribution in [0, 0.1) is 5.82 Å². The molecule has 2 aromatic carbocycles. The van der Waals surface area contributed by atoms with Gasteiger partial charge in [-0.3, -0.25) is 4.79 Å². The maximum atomic E-state index is 13.4. The van der Waals surface area contributed by atoms with Crippen LogP contribution < -0.4 is 0 Å². The Balaban J connectivity index is 1.84. The van der Waals surface area contributed by atoms with Gasteiger partial charge in [0, 0.05) is 31.2 Å². The minimum atomic E-state index is -3.67. The molecule has 0 spiro atoms. The van der Waals surface area contributed by atoms with Crippen LogP contribution >= 0.6 is 0 Å². The molecule has 0 unspecified atom stereocenters. The van der Waals surface area contributed by atoms with Crippen molar-refractivity contribution < 1.29 is 17.6 Å². The Hall–Kier alpha value is -2.25. The predicted molar refractivity (Wildman–Crippen MR) is 120 cm³/mol. The zero-order chi connectivity index (χ0) is 22.6. The molecular formula is C24H31FN2O3S. The zero-order valence-electron chi connectivity index (χ0n) is 18.4. The summed E-state index contributed by atoms with van der Waals surface area (Å²) < 4.78 is 40.3. The summed E-state index contributed by atoms with van der Waals surface area (Å²) in [6.45, 7) is 4.13. The molecule has 168 valence electrons. The monoisotopic (exact) mass is 446 g/mol. The van der Waals surface area contributed by atoms with Crippen LogP contribution in [0.4, 0.5) is 4.39 Å². The quantitative estimate of drug-likeness (QED) is 0.601. The largest absolute Gasteiger partial charge is 0.335 e. The Kier molecular flexibility index (Phi) is 7.49. The van der Waals surface area contributed by atoms with Crippen LogP contribution in [-0.4, -0.2) is 49.2 Å². The van der Waals surface area contributed by atoms with Gasteiger partial charge in [0.25, 0.3) is 5.91 Å². The lowest BCUT2D eigenvalue weighted by atomic mass is 10.1. The molecule has 0 bridgehead atoms. The second-order valence-corrected chi connectivity index (χ2v) is 10.5. The minimum absolute atomic E-state index is 0.124. The topological polar surface area (TPSA) is 57.7 Å². The summed E-state index contributed by atoms with van der Waals surface area (Å²) in [7, 11) is -2.13. The van der Waals surface area contributed by atoms with E-state index in [9.17, 15) is 17.6 Å². The lowest BCUT2D eigenvalue weighted by molar-refractivity contribution is 0.0683. The first kappa shape index (κ1) is 23.4. The van der Waals surface area contributed by atoms with Crippen LogP contribution in [0.2, 0.25) is 0 Å². The fourth-order valence-corrected chi connectivity index (χ4v) is 5.38. The van der Waals surface area contributed by atoms with Crippen molar-refractivity contribution in [2.24, 2.45) is 0 Å². The van der Waals surface area contributed by atoms with E-state index < -0.39 is 10.0 Å². The fourth-order valence-electron chi connectivity index (χ4n) is 3.97. The van der Waals surface area contributed by atoms with Gasteiger partial charge in [0.2, 0.25) is 10.0 Å². The molecule has 5 nitrogen and oxygen atoms in total. The van der Waals surface area contributed by atoms with Crippen molar-refractivity contribution >= 4 is 15.9 Å². The van der Waals surface area contributed by atoms with E-state index in [0.717, 1.165) is 31.2 Å². The number of benzene rings is 2. The van der Waals surface area contributed by atoms with E-state index in [1.165, 1.54) is 28.6 Å². The van der Waals surface area contributed by atoms with Crippen molar-refractivity contribution in [1.82, 2.24) is 9.21 Å². The van der Waals surface area contributed by atoms with Gasteiger partial charge in [-0.1, -0.05) is 31.0 Å². The highest BCUT2D eigenvalue weighted by Gasteiger charge is 2.29. The number of carbonyl (C=O) groups is 1.